The Bertz CT molecular complexity index is 945. The number of hydrogen-bond donors (Lipinski definition) is 0. The van der Waals surface area contributed by atoms with Crippen LogP contribution in [0, 0.1) is 5.92 Å². The third kappa shape index (κ3) is 2.17. The van der Waals surface area contributed by atoms with E-state index >= 15 is 0 Å². The fourth-order valence-electron chi connectivity index (χ4n) is 3.13. The average Bonchev–Trinajstić information content (AvgIpc) is 2.60. The summed E-state index contributed by atoms with van der Waals surface area (Å²) in [5.41, 5.74) is 2.60. The highest BCUT2D eigenvalue weighted by Crippen LogP contribution is 2.31. The zero-order valence-corrected chi connectivity index (χ0v) is 12.6. The Balaban J connectivity index is 1.86. The van der Waals surface area contributed by atoms with E-state index in [1.807, 2.05) is 0 Å². The van der Waals surface area contributed by atoms with Crippen molar-refractivity contribution in [3.05, 3.63) is 102 Å². The number of rotatable bonds is 2. The van der Waals surface area contributed by atoms with Crippen LogP contribution in [0.25, 0.3) is 21.5 Å². The molecule has 0 aliphatic heterocycles. The van der Waals surface area contributed by atoms with Crippen LogP contribution < -0.4 is 0 Å². The van der Waals surface area contributed by atoms with Crippen molar-refractivity contribution in [2.24, 2.45) is 0 Å². The van der Waals surface area contributed by atoms with Gasteiger partial charge in [0.05, 0.1) is 0 Å². The van der Waals surface area contributed by atoms with E-state index in [9.17, 15) is 0 Å². The fraction of sp³-hybridized carbons (Fsp3) is 0.0455. The van der Waals surface area contributed by atoms with Crippen LogP contribution in [0.4, 0.5) is 0 Å². The minimum absolute atomic E-state index is 1.29. The topological polar surface area (TPSA) is 0 Å². The van der Waals surface area contributed by atoms with Crippen LogP contribution in [0.2, 0.25) is 0 Å². The molecule has 4 aromatic carbocycles. The van der Waals surface area contributed by atoms with Gasteiger partial charge in [-0.25, -0.2) is 0 Å². The van der Waals surface area contributed by atoms with Gasteiger partial charge in [0.2, 0.25) is 0 Å². The molecular formula is C22H17. The monoisotopic (exact) mass is 281 g/mol. The molecule has 0 saturated carbocycles. The molecule has 105 valence electrons. The van der Waals surface area contributed by atoms with Crippen LogP contribution in [0.5, 0.6) is 0 Å². The lowest BCUT2D eigenvalue weighted by Crippen LogP contribution is -1.98. The first-order valence-corrected chi connectivity index (χ1v) is 7.64. The first-order valence-electron chi connectivity index (χ1n) is 7.64. The lowest BCUT2D eigenvalue weighted by molar-refractivity contribution is 1.21. The second-order valence-corrected chi connectivity index (χ2v) is 5.71. The smallest absolute Gasteiger partial charge is 0.0315 e. The zero-order chi connectivity index (χ0) is 14.9. The Labute approximate surface area is 131 Å². The maximum Gasteiger partial charge on any atom is 0.0315 e. The molecule has 0 amide bonds. The first kappa shape index (κ1) is 13.1. The Kier molecular flexibility index (Phi) is 3.16. The van der Waals surface area contributed by atoms with Gasteiger partial charge in [0.25, 0.3) is 0 Å². The standard InChI is InChI=1S/C22H17/c1-16(19-14-13-17-7-2-3-9-20(17)15-19)21-12-6-10-18-8-4-5-11-22(18)21/h2-15H,1H3. The highest BCUT2D eigenvalue weighted by atomic mass is 14.2. The summed E-state index contributed by atoms with van der Waals surface area (Å²) in [5, 5.41) is 5.19. The molecule has 0 spiro atoms. The average molecular weight is 281 g/mol. The molecule has 22 heavy (non-hydrogen) atoms. The van der Waals surface area contributed by atoms with E-state index in [1.54, 1.807) is 0 Å². The van der Waals surface area contributed by atoms with Crippen LogP contribution in [-0.4, -0.2) is 0 Å². The summed E-state index contributed by atoms with van der Waals surface area (Å²) in [7, 11) is 0. The number of benzene rings is 4. The lowest BCUT2D eigenvalue weighted by atomic mass is 9.88. The molecule has 0 atom stereocenters. The molecule has 0 aromatic heterocycles. The second kappa shape index (κ2) is 5.31. The van der Waals surface area contributed by atoms with Gasteiger partial charge < -0.3 is 0 Å². The van der Waals surface area contributed by atoms with Crippen molar-refractivity contribution in [1.82, 2.24) is 0 Å². The summed E-state index contributed by atoms with van der Waals surface area (Å²) in [6.45, 7) is 2.21. The van der Waals surface area contributed by atoms with E-state index in [-0.39, 0.29) is 0 Å². The molecule has 0 fully saturated rings. The summed E-state index contributed by atoms with van der Waals surface area (Å²) >= 11 is 0. The van der Waals surface area contributed by atoms with Crippen molar-refractivity contribution in [3.63, 3.8) is 0 Å². The summed E-state index contributed by atoms with van der Waals surface area (Å²) in [5.74, 6) is 1.32. The quantitative estimate of drug-likeness (QED) is 0.424. The summed E-state index contributed by atoms with van der Waals surface area (Å²) in [6.07, 6.45) is 0. The van der Waals surface area contributed by atoms with Crippen molar-refractivity contribution >= 4 is 21.5 Å². The molecule has 0 saturated heterocycles. The Morgan fingerprint density at radius 1 is 0.591 bits per heavy atom. The Hall–Kier alpha value is -2.60. The number of fused-ring (bicyclic) bond motifs is 2. The van der Waals surface area contributed by atoms with Gasteiger partial charge in [-0.15, -0.1) is 0 Å². The van der Waals surface area contributed by atoms with Gasteiger partial charge in [-0.3, -0.25) is 0 Å². The third-order valence-corrected chi connectivity index (χ3v) is 4.38. The van der Waals surface area contributed by atoms with Crippen LogP contribution in [-0.2, 0) is 0 Å². The van der Waals surface area contributed by atoms with Gasteiger partial charge in [-0.2, -0.15) is 0 Å². The lowest BCUT2D eigenvalue weighted by Gasteiger charge is -2.15. The zero-order valence-electron chi connectivity index (χ0n) is 12.6. The molecule has 0 bridgehead atoms. The molecule has 1 radical (unpaired) electrons. The van der Waals surface area contributed by atoms with Crippen LogP contribution in [0.3, 0.4) is 0 Å². The molecule has 0 nitrogen and oxygen atoms in total. The molecule has 0 heteroatoms. The molecule has 4 rings (SSSR count). The van der Waals surface area contributed by atoms with E-state index in [0.29, 0.717) is 0 Å². The SMILES string of the molecule is C[C](c1ccc2ccccc2c1)c1cccc2ccccc12. The Morgan fingerprint density at radius 2 is 1.27 bits per heavy atom. The van der Waals surface area contributed by atoms with Crippen LogP contribution in [0.1, 0.15) is 18.1 Å². The highest BCUT2D eigenvalue weighted by molar-refractivity contribution is 5.89. The molecule has 0 unspecified atom stereocenters. The van der Waals surface area contributed by atoms with Crippen molar-refractivity contribution in [2.75, 3.05) is 0 Å². The molecule has 4 aromatic rings. The largest absolute Gasteiger partial charge is 0.0616 e. The van der Waals surface area contributed by atoms with Crippen LogP contribution >= 0.6 is 0 Å². The summed E-state index contributed by atoms with van der Waals surface area (Å²) < 4.78 is 0. The molecule has 0 N–H and O–H groups in total. The minimum atomic E-state index is 1.29. The van der Waals surface area contributed by atoms with Crippen molar-refractivity contribution in [3.8, 4) is 0 Å². The normalized spacial score (nSPS) is 11.4. The summed E-state index contributed by atoms with van der Waals surface area (Å²) in [4.78, 5) is 0. The summed E-state index contributed by atoms with van der Waals surface area (Å²) in [6, 6.07) is 30.3. The van der Waals surface area contributed by atoms with Gasteiger partial charge in [-0.05, 0) is 32.7 Å². The van der Waals surface area contributed by atoms with E-state index in [2.05, 4.69) is 91.9 Å². The highest BCUT2D eigenvalue weighted by Gasteiger charge is 2.12. The number of hydrogen-bond acceptors (Lipinski definition) is 0. The molecule has 0 heterocycles. The predicted molar refractivity (Wildman–Crippen MR) is 95.0 cm³/mol. The van der Waals surface area contributed by atoms with Gasteiger partial charge in [-0.1, -0.05) is 91.9 Å². The maximum atomic E-state index is 2.28. The van der Waals surface area contributed by atoms with Gasteiger partial charge in [0.1, 0.15) is 0 Å². The van der Waals surface area contributed by atoms with E-state index < -0.39 is 0 Å². The van der Waals surface area contributed by atoms with Crippen molar-refractivity contribution in [2.45, 2.75) is 6.92 Å². The van der Waals surface area contributed by atoms with Gasteiger partial charge in [0.15, 0.2) is 0 Å². The molecular weight excluding hydrogens is 264 g/mol. The van der Waals surface area contributed by atoms with Gasteiger partial charge in [0, 0.05) is 5.92 Å². The minimum Gasteiger partial charge on any atom is -0.0616 e. The van der Waals surface area contributed by atoms with Gasteiger partial charge >= 0.3 is 0 Å². The van der Waals surface area contributed by atoms with Crippen LogP contribution in [0.15, 0.2) is 84.9 Å². The third-order valence-electron chi connectivity index (χ3n) is 4.38. The maximum absolute atomic E-state index is 2.28. The van der Waals surface area contributed by atoms with Crippen molar-refractivity contribution < 1.29 is 0 Å². The van der Waals surface area contributed by atoms with Crippen molar-refractivity contribution in [1.29, 1.82) is 0 Å². The molecule has 0 aliphatic rings. The first-order chi connectivity index (χ1) is 10.8. The predicted octanol–water partition coefficient (Wildman–Crippen LogP) is 5.98. The Morgan fingerprint density at radius 3 is 2.14 bits per heavy atom. The fourth-order valence-corrected chi connectivity index (χ4v) is 3.13. The second-order valence-electron chi connectivity index (χ2n) is 5.71. The van der Waals surface area contributed by atoms with E-state index in [4.69, 9.17) is 0 Å². The van der Waals surface area contributed by atoms with E-state index in [1.165, 1.54) is 38.6 Å². The van der Waals surface area contributed by atoms with E-state index in [0.717, 1.165) is 0 Å². The molecule has 0 aliphatic carbocycles.